The largest absolute Gasteiger partial charge is 0.497 e. The standard InChI is InChI=1S/C26H33NO8.C25H29NO7.C14H14O4.2CH4/c1-4-7-26(30,14-21(28)32-3)24(29)35-23-20(31-2)13-25-8-5-9-27(25)10-6-16-11-18-19(34-15-33-18)12-17(16)22(23)25;1-3-6-25(13-20(27)33-25)23(28)32-22-19(29-2)12-24-7-4-8-26(24)9-5-15-10-17-18(31-14-30-17)11-16(15)21(22)24;1-2-8-14(9-12(15)18-14)13(16)17-10-11-6-4-3-5-7-11;;/h11-13,22-23,30H,4-10,14-15H2,1-3H3;10-12,21-22H,3-9,13-14H2,1-2H3;2-7H,1,8-10H2;2*1H4/t22-,23-,25+,26-;21-,22-,24+,25-;14-;;/m111../s1. The molecule has 1 N–H and O–H groups in total. The average molecular weight is 1220 g/mol. The smallest absolute Gasteiger partial charge is 0.351 e. The molecule has 8 aliphatic heterocycles. The van der Waals surface area contributed by atoms with Gasteiger partial charge in [0.15, 0.2) is 40.8 Å². The Morgan fingerprint density at radius 1 is 0.693 bits per heavy atom. The van der Waals surface area contributed by atoms with E-state index in [9.17, 15) is 33.9 Å². The second kappa shape index (κ2) is 26.2. The number of fused-ring (bicyclic) bond motifs is 6. The Bertz CT molecular complexity index is 3190. The normalized spacial score (nSPS) is 28.3. The SMILES string of the molecule is C.C.C=CC[C@]1(C(=O)OCc2ccccc2)CC(=O)O1.CCC[C@@](O)(CC(=O)OC)C(=O)O[C@@H]1C(OC)=C[C@]23CCCN2CCc2cc4c(cc2[C@H]13)OCO4.CCC[C@]1(C(=O)O[C@@H]2C(OC)=C[C@]34CCCN3CCc3cc5c(cc3[C@H]24)OCO5)CC(=O)O1. The molecule has 2 aliphatic carbocycles. The number of aliphatic hydroxyl groups is 1. The third-order valence-corrected chi connectivity index (χ3v) is 18.7. The molecule has 21 nitrogen and oxygen atoms in total. The zero-order chi connectivity index (χ0) is 60.6. The Labute approximate surface area is 514 Å². The van der Waals surface area contributed by atoms with Gasteiger partial charge in [0.1, 0.15) is 18.1 Å². The fourth-order valence-corrected chi connectivity index (χ4v) is 14.7. The summed E-state index contributed by atoms with van der Waals surface area (Å²) in [5.41, 5.74) is 0.377. The maximum atomic E-state index is 13.5. The maximum Gasteiger partial charge on any atom is 0.351 e. The number of methoxy groups -OCH3 is 3. The first-order valence-electron chi connectivity index (χ1n) is 29.9. The molecule has 8 heterocycles. The molecule has 2 spiro atoms. The van der Waals surface area contributed by atoms with Crippen LogP contribution in [0.3, 0.4) is 0 Å². The maximum absolute atomic E-state index is 13.5. The number of benzene rings is 3. The molecule has 3 aromatic carbocycles. The number of hydrogen-bond donors (Lipinski definition) is 1. The van der Waals surface area contributed by atoms with Crippen LogP contribution in [-0.4, -0.2) is 152 Å². The predicted molar refractivity (Wildman–Crippen MR) is 318 cm³/mol. The summed E-state index contributed by atoms with van der Waals surface area (Å²) < 4.78 is 66.7. The molecule has 10 aliphatic rings. The molecule has 0 saturated carbocycles. The summed E-state index contributed by atoms with van der Waals surface area (Å²) in [7, 11) is 4.43. The second-order valence-electron chi connectivity index (χ2n) is 23.7. The van der Waals surface area contributed by atoms with E-state index in [0.29, 0.717) is 36.5 Å². The van der Waals surface area contributed by atoms with Gasteiger partial charge in [0.2, 0.25) is 24.8 Å². The van der Waals surface area contributed by atoms with E-state index in [4.69, 9.17) is 56.8 Å². The van der Waals surface area contributed by atoms with E-state index in [1.807, 2.05) is 56.3 Å². The number of esters is 6. The van der Waals surface area contributed by atoms with E-state index in [-0.39, 0.29) is 95.6 Å². The first kappa shape index (κ1) is 64.8. The van der Waals surface area contributed by atoms with Crippen LogP contribution in [0.1, 0.15) is 145 Å². The highest BCUT2D eigenvalue weighted by Gasteiger charge is 2.62. The van der Waals surface area contributed by atoms with Gasteiger partial charge in [-0.2, -0.15) is 0 Å². The van der Waals surface area contributed by atoms with Crippen molar-refractivity contribution in [1.29, 1.82) is 0 Å². The molecule has 0 radical (unpaired) electrons. The highest BCUT2D eigenvalue weighted by molar-refractivity contribution is 5.94. The van der Waals surface area contributed by atoms with Gasteiger partial charge < -0.3 is 61.9 Å². The topological polar surface area (TPSA) is 240 Å². The Hall–Kier alpha value is -7.62. The molecule has 0 bridgehead atoms. The van der Waals surface area contributed by atoms with E-state index >= 15 is 0 Å². The van der Waals surface area contributed by atoms with Crippen molar-refractivity contribution in [2.45, 2.75) is 177 Å². The van der Waals surface area contributed by atoms with Crippen molar-refractivity contribution >= 4 is 35.8 Å². The Kier molecular flexibility index (Phi) is 19.3. The van der Waals surface area contributed by atoms with Crippen LogP contribution in [-0.2, 0) is 86.1 Å². The Morgan fingerprint density at radius 3 is 1.66 bits per heavy atom. The van der Waals surface area contributed by atoms with Crippen LogP contribution in [0.25, 0.3) is 0 Å². The van der Waals surface area contributed by atoms with E-state index in [2.05, 4.69) is 40.7 Å². The third kappa shape index (κ3) is 11.7. The van der Waals surface area contributed by atoms with Crippen LogP contribution in [0.4, 0.5) is 0 Å². The minimum Gasteiger partial charge on any atom is -0.497 e. The summed E-state index contributed by atoms with van der Waals surface area (Å²) >= 11 is 0. The first-order chi connectivity index (χ1) is 41.5. The second-order valence-corrected chi connectivity index (χ2v) is 23.7. The minimum atomic E-state index is -1.98. The first-order valence-corrected chi connectivity index (χ1v) is 29.9. The van der Waals surface area contributed by atoms with Crippen molar-refractivity contribution in [3.63, 3.8) is 0 Å². The number of cyclic esters (lactones) is 2. The van der Waals surface area contributed by atoms with Crippen molar-refractivity contribution < 1.29 is 90.7 Å². The number of hydrogen-bond acceptors (Lipinski definition) is 21. The number of carbonyl (C=O) groups excluding carboxylic acids is 6. The molecule has 0 unspecified atom stereocenters. The average Bonchev–Trinajstić information content (AvgIpc) is 1.56. The molecule has 21 heteroatoms. The van der Waals surface area contributed by atoms with Crippen LogP contribution in [0.5, 0.6) is 23.0 Å². The van der Waals surface area contributed by atoms with Crippen molar-refractivity contribution in [2.75, 3.05) is 61.1 Å². The lowest BCUT2D eigenvalue weighted by Crippen LogP contribution is -2.56. The van der Waals surface area contributed by atoms with E-state index in [0.717, 1.165) is 104 Å². The summed E-state index contributed by atoms with van der Waals surface area (Å²) in [6.07, 6.45) is 11.8. The molecule has 0 aromatic heterocycles. The fraction of sp³-hybridized carbons (Fsp3) is 0.552. The minimum absolute atomic E-state index is 0. The molecular weight excluding hydrogens is 1140 g/mol. The molecule has 88 heavy (non-hydrogen) atoms. The van der Waals surface area contributed by atoms with Crippen LogP contribution in [0, 0.1) is 0 Å². The molecule has 9 atom stereocenters. The highest BCUT2D eigenvalue weighted by atomic mass is 16.7. The zero-order valence-electron chi connectivity index (χ0n) is 49.5. The zero-order valence-corrected chi connectivity index (χ0v) is 49.5. The van der Waals surface area contributed by atoms with Crippen molar-refractivity contribution in [2.24, 2.45) is 0 Å². The van der Waals surface area contributed by atoms with Gasteiger partial charge in [-0.25, -0.2) is 14.4 Å². The summed E-state index contributed by atoms with van der Waals surface area (Å²) in [5, 5.41) is 11.2. The monoisotopic (exact) mass is 1220 g/mol. The number of rotatable bonds is 17. The summed E-state index contributed by atoms with van der Waals surface area (Å²) in [6, 6.07) is 17.5. The van der Waals surface area contributed by atoms with Gasteiger partial charge in [0.05, 0.1) is 63.5 Å². The molecule has 3 aromatic rings. The van der Waals surface area contributed by atoms with Gasteiger partial charge in [-0.3, -0.25) is 24.2 Å². The van der Waals surface area contributed by atoms with Crippen molar-refractivity contribution in [3.8, 4) is 23.0 Å². The molecular formula is C67H84N2O19. The molecule has 4 fully saturated rings. The molecule has 13 rings (SSSR count). The summed E-state index contributed by atoms with van der Waals surface area (Å²) in [5.74, 6) is 0.465. The highest BCUT2D eigenvalue weighted by Crippen LogP contribution is 2.58. The van der Waals surface area contributed by atoms with Crippen molar-refractivity contribution in [3.05, 3.63) is 119 Å². The van der Waals surface area contributed by atoms with Crippen LogP contribution >= 0.6 is 0 Å². The lowest BCUT2D eigenvalue weighted by Gasteiger charge is -2.41. The van der Waals surface area contributed by atoms with Crippen molar-refractivity contribution in [1.82, 2.24) is 9.80 Å². The molecule has 476 valence electrons. The number of ether oxygens (including phenoxy) is 12. The molecule has 4 saturated heterocycles. The summed E-state index contributed by atoms with van der Waals surface area (Å²) in [6.45, 7) is 11.6. The van der Waals surface area contributed by atoms with Crippen LogP contribution < -0.4 is 18.9 Å². The van der Waals surface area contributed by atoms with Gasteiger partial charge in [-0.05, 0) is 129 Å². The van der Waals surface area contributed by atoms with Gasteiger partial charge in [-0.15, -0.1) is 6.58 Å². The van der Waals surface area contributed by atoms with E-state index in [1.54, 1.807) is 20.3 Å². The summed E-state index contributed by atoms with van der Waals surface area (Å²) in [4.78, 5) is 78.3. The lowest BCUT2D eigenvalue weighted by molar-refractivity contribution is -0.212. The van der Waals surface area contributed by atoms with Crippen LogP contribution in [0.15, 0.2) is 90.9 Å². The number of carbonyl (C=O) groups is 6. The quantitative estimate of drug-likeness (QED) is 0.0756. The van der Waals surface area contributed by atoms with Gasteiger partial charge in [-0.1, -0.05) is 78.0 Å². The van der Waals surface area contributed by atoms with E-state index < -0.39 is 59.3 Å². The van der Waals surface area contributed by atoms with Crippen LogP contribution in [0.2, 0.25) is 0 Å². The number of nitrogens with zero attached hydrogens (tertiary/aromatic N) is 2. The Morgan fingerprint density at radius 2 is 1.19 bits per heavy atom. The lowest BCUT2D eigenvalue weighted by atomic mass is 9.77. The fourth-order valence-electron chi connectivity index (χ4n) is 14.7. The molecule has 0 amide bonds. The van der Waals surface area contributed by atoms with Gasteiger partial charge >= 0.3 is 35.8 Å². The predicted octanol–water partition coefficient (Wildman–Crippen LogP) is 8.53. The van der Waals surface area contributed by atoms with Gasteiger partial charge in [0.25, 0.3) is 0 Å². The van der Waals surface area contributed by atoms with E-state index in [1.165, 1.54) is 12.7 Å². The third-order valence-electron chi connectivity index (χ3n) is 18.7. The Balaban J connectivity index is 0.000000163. The van der Waals surface area contributed by atoms with Gasteiger partial charge in [0, 0.05) is 19.5 Å².